The van der Waals surface area contributed by atoms with Gasteiger partial charge in [-0.25, -0.2) is 44.0 Å². The van der Waals surface area contributed by atoms with Crippen LogP contribution in [0.15, 0.2) is 174 Å². The monoisotopic (exact) mass is 1400 g/mol. The van der Waals surface area contributed by atoms with Gasteiger partial charge in [-0.2, -0.15) is 0 Å². The molecule has 16 nitrogen and oxygen atoms in total. The highest BCUT2D eigenvalue weighted by atomic mass is 79.9. The van der Waals surface area contributed by atoms with Gasteiger partial charge < -0.3 is 14.7 Å². The molecular formula is C60H72Br3N6O10PS3. The van der Waals surface area contributed by atoms with Crippen molar-refractivity contribution in [2.75, 3.05) is 14.7 Å². The van der Waals surface area contributed by atoms with Crippen LogP contribution in [0.1, 0.15) is 119 Å². The molecule has 3 N–H and O–H groups in total. The van der Waals surface area contributed by atoms with Gasteiger partial charge in [-0.05, 0) is 234 Å². The van der Waals surface area contributed by atoms with E-state index in [4.69, 9.17) is 13.6 Å². The molecule has 0 bridgehead atoms. The first-order valence-corrected chi connectivity index (χ1v) is 36.6. The third-order valence-electron chi connectivity index (χ3n) is 15.6. The minimum atomic E-state index is -5.24. The van der Waals surface area contributed by atoms with Gasteiger partial charge in [-0.15, -0.1) is 0 Å². The average molecular weight is 1400 g/mol. The number of sulfonamides is 3. The van der Waals surface area contributed by atoms with E-state index in [9.17, 15) is 25.3 Å². The molecule has 83 heavy (non-hydrogen) atoms. The number of halogens is 3. The first-order chi connectivity index (χ1) is 39.5. The summed E-state index contributed by atoms with van der Waals surface area (Å²) in [6.07, 6.45) is 5.59. The molecule has 9 rings (SSSR count). The van der Waals surface area contributed by atoms with Crippen molar-refractivity contribution >= 4 is 120 Å². The van der Waals surface area contributed by atoms with Crippen LogP contribution in [0.25, 0.3) is 0 Å². The van der Waals surface area contributed by atoms with Crippen LogP contribution >= 0.6 is 55.6 Å². The number of nitrogens with zero attached hydrogens (tertiary/aromatic N) is 3. The molecule has 0 unspecified atom stereocenters. The predicted octanol–water partition coefficient (Wildman–Crippen LogP) is 15.8. The van der Waals surface area contributed by atoms with E-state index in [1.165, 1.54) is 0 Å². The molecule has 0 aromatic heterocycles. The van der Waals surface area contributed by atoms with E-state index in [1.54, 1.807) is 72.8 Å². The van der Waals surface area contributed by atoms with E-state index < -0.39 is 55.1 Å². The molecule has 23 heteroatoms. The van der Waals surface area contributed by atoms with Crippen molar-refractivity contribution in [3.8, 4) is 0 Å². The topological polar surface area (TPSA) is 193 Å². The summed E-state index contributed by atoms with van der Waals surface area (Å²) in [5.74, 6) is 0. The molecule has 3 aliphatic rings. The molecule has 3 aliphatic carbocycles. The Morgan fingerprint density at radius 2 is 0.614 bits per heavy atom. The molecular weight excluding hydrogens is 1330 g/mol. The van der Waals surface area contributed by atoms with Gasteiger partial charge in [0.2, 0.25) is 30.1 Å². The van der Waals surface area contributed by atoms with E-state index >= 15 is 4.57 Å². The maximum Gasteiger partial charge on any atom is 0.481 e. The van der Waals surface area contributed by atoms with E-state index in [0.717, 1.165) is 38.5 Å². The van der Waals surface area contributed by atoms with E-state index in [2.05, 4.69) is 62.0 Å². The van der Waals surface area contributed by atoms with Crippen LogP contribution < -0.4 is 28.9 Å². The summed E-state index contributed by atoms with van der Waals surface area (Å²) < 4.78 is 133. The normalized spacial score (nSPS) is 15.5. The zero-order valence-corrected chi connectivity index (χ0v) is 55.4. The SMILES string of the molecule is CCC(CC)(OP(=O)(OC(CC)(CC)N(c1ccc(S(=O)(=O)NC2CC2)cc1)c1ccccc1Br)OC(CC)(CC)N(c1ccc(S(=O)(=O)NC2CC2)cc1)c1ccccc1Br)N(c1ccc(S(=O)(=O)NC2CC2)cc1)c1ccccc1Br. The number of benzene rings is 6. The molecule has 3 saturated carbocycles. The summed E-state index contributed by atoms with van der Waals surface area (Å²) in [6, 6.07) is 41.7. The van der Waals surface area contributed by atoms with Crippen LogP contribution in [-0.4, -0.2) is 60.6 Å². The highest BCUT2D eigenvalue weighted by Crippen LogP contribution is 2.65. The fraction of sp³-hybridized carbons (Fsp3) is 0.400. The van der Waals surface area contributed by atoms with Crippen LogP contribution in [-0.2, 0) is 48.2 Å². The van der Waals surface area contributed by atoms with Crippen molar-refractivity contribution < 1.29 is 43.4 Å². The zero-order valence-electron chi connectivity index (χ0n) is 47.3. The molecule has 0 saturated heterocycles. The van der Waals surface area contributed by atoms with Crippen LogP contribution in [0.5, 0.6) is 0 Å². The molecule has 0 atom stereocenters. The first kappa shape index (κ1) is 63.5. The predicted molar refractivity (Wildman–Crippen MR) is 339 cm³/mol. The van der Waals surface area contributed by atoms with Crippen LogP contribution in [0.2, 0.25) is 0 Å². The van der Waals surface area contributed by atoms with Crippen LogP contribution in [0.4, 0.5) is 34.1 Å². The fourth-order valence-electron chi connectivity index (χ4n) is 10.4. The summed E-state index contributed by atoms with van der Waals surface area (Å²) in [5.41, 5.74) is -1.51. The highest BCUT2D eigenvalue weighted by molar-refractivity contribution is 9.11. The first-order valence-electron chi connectivity index (χ1n) is 28.3. The Morgan fingerprint density at radius 3 is 0.807 bits per heavy atom. The fourth-order valence-corrected chi connectivity index (χ4v) is 18.0. The van der Waals surface area contributed by atoms with Gasteiger partial charge >= 0.3 is 7.82 Å². The molecule has 0 amide bonds. The minimum absolute atomic E-state index is 0.0809. The van der Waals surface area contributed by atoms with Crippen molar-refractivity contribution in [1.82, 2.24) is 14.2 Å². The molecule has 0 heterocycles. The number of anilines is 6. The third-order valence-corrected chi connectivity index (χ3v) is 23.9. The molecule has 0 spiro atoms. The smallest absolute Gasteiger partial charge is 0.311 e. The number of nitrogens with one attached hydrogen (secondary N) is 3. The number of hydrogen-bond donors (Lipinski definition) is 3. The van der Waals surface area contributed by atoms with Gasteiger partial charge in [0.25, 0.3) is 0 Å². The Balaban J connectivity index is 1.26. The highest BCUT2D eigenvalue weighted by Gasteiger charge is 2.55. The van der Waals surface area contributed by atoms with Crippen molar-refractivity contribution in [1.29, 1.82) is 0 Å². The number of hydrogen-bond acceptors (Lipinski definition) is 13. The van der Waals surface area contributed by atoms with Gasteiger partial charge in [0.05, 0.1) is 31.7 Å². The number of rotatable bonds is 30. The lowest BCUT2D eigenvalue weighted by Crippen LogP contribution is -2.53. The molecule has 0 aliphatic heterocycles. The van der Waals surface area contributed by atoms with E-state index in [-0.39, 0.29) is 71.3 Å². The Kier molecular flexibility index (Phi) is 19.7. The Morgan fingerprint density at radius 1 is 0.398 bits per heavy atom. The Bertz CT molecular complexity index is 3260. The summed E-state index contributed by atoms with van der Waals surface area (Å²) in [5, 5.41) is 0. The molecule has 6 aromatic carbocycles. The van der Waals surface area contributed by atoms with E-state index in [0.29, 0.717) is 47.5 Å². The van der Waals surface area contributed by atoms with Gasteiger partial charge in [-0.3, -0.25) is 13.6 Å². The van der Waals surface area contributed by atoms with Gasteiger partial charge in [0.15, 0.2) is 17.2 Å². The second kappa shape index (κ2) is 25.8. The van der Waals surface area contributed by atoms with Crippen molar-refractivity contribution in [2.45, 2.75) is 169 Å². The Labute approximate surface area is 515 Å². The maximum absolute atomic E-state index is 17.8. The average Bonchev–Trinajstić information content (AvgIpc) is 3.98. The largest absolute Gasteiger partial charge is 0.481 e. The zero-order chi connectivity index (χ0) is 59.6. The van der Waals surface area contributed by atoms with Gasteiger partial charge in [0.1, 0.15) is 0 Å². The van der Waals surface area contributed by atoms with Crippen molar-refractivity contribution in [3.63, 3.8) is 0 Å². The van der Waals surface area contributed by atoms with Crippen LogP contribution in [0, 0.1) is 0 Å². The number of phosphoric ester groups is 1. The quantitative estimate of drug-likeness (QED) is 0.0285. The lowest BCUT2D eigenvalue weighted by atomic mass is 10.0. The molecule has 6 aromatic rings. The molecule has 446 valence electrons. The third kappa shape index (κ3) is 14.1. The van der Waals surface area contributed by atoms with Crippen LogP contribution in [0.3, 0.4) is 0 Å². The lowest BCUT2D eigenvalue weighted by Gasteiger charge is -2.51. The summed E-state index contributed by atoms with van der Waals surface area (Å²) in [4.78, 5) is 5.95. The second-order valence-corrected chi connectivity index (χ2v) is 30.4. The molecule has 0 radical (unpaired) electrons. The van der Waals surface area contributed by atoms with Crippen molar-refractivity contribution in [3.05, 3.63) is 159 Å². The standard InChI is InChI=1S/C60H72Br3N6O10PS3/c1-7-58(8-2,67(55-22-16-13-19-52(55)61)46-31-37-49(38-32-46)81(71,72)64-43-25-26-43)77-80(70,78-59(9-3,10-4)68(56-23-17-14-20-53(56)62)47-33-39-50(40-34-47)82(73,74)65-44-27-28-44)79-60(11-5,12-6)69(57-24-18-15-21-54(57)63)48-35-41-51(42-36-48)83(75,76)66-45-29-30-45/h13-24,31-45,64-66H,7-12,25-30H2,1-6H3. The van der Waals surface area contributed by atoms with Crippen molar-refractivity contribution in [2.24, 2.45) is 0 Å². The van der Waals surface area contributed by atoms with E-state index in [1.807, 2.05) is 129 Å². The summed E-state index contributed by atoms with van der Waals surface area (Å²) in [7, 11) is -16.8. The maximum atomic E-state index is 17.8. The summed E-state index contributed by atoms with van der Waals surface area (Å²) >= 11 is 11.5. The van der Waals surface area contributed by atoms with Gasteiger partial charge in [-0.1, -0.05) is 77.9 Å². The minimum Gasteiger partial charge on any atom is -0.311 e. The number of para-hydroxylation sites is 3. The summed E-state index contributed by atoms with van der Waals surface area (Å²) in [6.45, 7) is 11.5. The molecule has 3 fully saturated rings. The van der Waals surface area contributed by atoms with Gasteiger partial charge in [0, 0.05) is 48.6 Å². The lowest BCUT2D eigenvalue weighted by molar-refractivity contribution is -0.0698. The number of phosphoric acid groups is 1. The Hall–Kier alpha value is -4.00. The second-order valence-electron chi connectivity index (χ2n) is 21.2.